The van der Waals surface area contributed by atoms with Crippen LogP contribution in [-0.4, -0.2) is 34.5 Å². The highest BCUT2D eigenvalue weighted by atomic mass is 16.2. The van der Waals surface area contributed by atoms with E-state index in [2.05, 4.69) is 15.2 Å². The van der Waals surface area contributed by atoms with E-state index in [-0.39, 0.29) is 24.9 Å². The first-order chi connectivity index (χ1) is 11.2. The number of hydrogen-bond donors (Lipinski definition) is 3. The Kier molecular flexibility index (Phi) is 4.57. The maximum atomic E-state index is 11.8. The third kappa shape index (κ3) is 3.50. The van der Waals surface area contributed by atoms with Gasteiger partial charge < -0.3 is 20.9 Å². The number of nitrogens with one attached hydrogen (secondary N) is 2. The van der Waals surface area contributed by atoms with E-state index in [0.717, 1.165) is 29.8 Å². The van der Waals surface area contributed by atoms with Gasteiger partial charge in [-0.2, -0.15) is 0 Å². The van der Waals surface area contributed by atoms with Crippen LogP contribution in [0.4, 0.5) is 5.69 Å². The summed E-state index contributed by atoms with van der Waals surface area (Å²) < 4.78 is 2.27. The second kappa shape index (κ2) is 6.78. The van der Waals surface area contributed by atoms with Crippen molar-refractivity contribution in [3.8, 4) is 0 Å². The summed E-state index contributed by atoms with van der Waals surface area (Å²) in [6.45, 7) is 0.788. The van der Waals surface area contributed by atoms with E-state index in [4.69, 9.17) is 10.7 Å². The molecule has 0 saturated heterocycles. The summed E-state index contributed by atoms with van der Waals surface area (Å²) in [5.74, 6) is 0.483. The highest BCUT2D eigenvalue weighted by Crippen LogP contribution is 2.24. The molecule has 7 nitrogen and oxygen atoms in total. The minimum atomic E-state index is -0.353. The zero-order valence-electron chi connectivity index (χ0n) is 13.0. The molecule has 122 valence electrons. The molecule has 0 saturated carbocycles. The van der Waals surface area contributed by atoms with Crippen LogP contribution in [0.25, 0.3) is 11.0 Å². The zero-order chi connectivity index (χ0) is 16.2. The van der Waals surface area contributed by atoms with Crippen LogP contribution < -0.4 is 16.4 Å². The van der Waals surface area contributed by atoms with E-state index in [1.807, 2.05) is 18.2 Å². The van der Waals surface area contributed by atoms with Gasteiger partial charge in [-0.1, -0.05) is 6.42 Å². The molecule has 1 aromatic heterocycles. The molecule has 2 heterocycles. The van der Waals surface area contributed by atoms with Crippen molar-refractivity contribution in [2.24, 2.45) is 5.73 Å². The lowest BCUT2D eigenvalue weighted by Crippen LogP contribution is -2.36. The molecule has 0 atom stereocenters. The van der Waals surface area contributed by atoms with E-state index < -0.39 is 0 Å². The van der Waals surface area contributed by atoms with Crippen LogP contribution in [0.15, 0.2) is 18.2 Å². The Balaban J connectivity index is 1.73. The fourth-order valence-corrected chi connectivity index (χ4v) is 2.88. The number of fused-ring (bicyclic) bond motifs is 3. The largest absolute Gasteiger partial charge is 0.346 e. The van der Waals surface area contributed by atoms with Gasteiger partial charge in [0.05, 0.1) is 24.1 Å². The summed E-state index contributed by atoms with van der Waals surface area (Å²) in [6, 6.07) is 5.73. The molecular formula is C16H21N5O2. The minimum Gasteiger partial charge on any atom is -0.346 e. The molecule has 0 unspecified atom stereocenters. The molecule has 0 bridgehead atoms. The lowest BCUT2D eigenvalue weighted by molar-refractivity contribution is -0.123. The first-order valence-corrected chi connectivity index (χ1v) is 7.93. The molecule has 1 aromatic carbocycles. The Hall–Kier alpha value is -2.41. The van der Waals surface area contributed by atoms with Crippen LogP contribution in [0.1, 0.15) is 25.1 Å². The zero-order valence-corrected chi connectivity index (χ0v) is 13.0. The third-order valence-corrected chi connectivity index (χ3v) is 4.02. The van der Waals surface area contributed by atoms with Crippen LogP contribution >= 0.6 is 0 Å². The Labute approximate surface area is 134 Å². The number of carbonyl (C=O) groups excluding carboxylic acids is 2. The molecule has 7 heteroatoms. The van der Waals surface area contributed by atoms with E-state index in [0.29, 0.717) is 5.69 Å². The highest BCUT2D eigenvalue weighted by molar-refractivity contribution is 5.96. The van der Waals surface area contributed by atoms with Gasteiger partial charge in [-0.3, -0.25) is 9.59 Å². The van der Waals surface area contributed by atoms with Crippen LogP contribution in [-0.2, 0) is 22.6 Å². The van der Waals surface area contributed by atoms with Crippen molar-refractivity contribution in [1.82, 2.24) is 14.9 Å². The predicted molar refractivity (Wildman–Crippen MR) is 88.0 cm³/mol. The van der Waals surface area contributed by atoms with E-state index in [1.165, 1.54) is 19.3 Å². The second-order valence-corrected chi connectivity index (χ2v) is 5.72. The highest BCUT2D eigenvalue weighted by Gasteiger charge is 2.14. The number of nitrogens with zero attached hydrogens (tertiary/aromatic N) is 2. The number of carbonyl (C=O) groups is 2. The van der Waals surface area contributed by atoms with Gasteiger partial charge in [-0.25, -0.2) is 4.98 Å². The number of anilines is 1. The first kappa shape index (κ1) is 15.5. The SMILES string of the molecule is NCC(=O)NCC(=O)Nc1ccc2c(c1)nc1n2CCCCC1. The number of amides is 2. The topological polar surface area (TPSA) is 102 Å². The molecule has 3 rings (SSSR count). The monoisotopic (exact) mass is 315 g/mol. The normalized spacial score (nSPS) is 14.1. The fourth-order valence-electron chi connectivity index (χ4n) is 2.88. The predicted octanol–water partition coefficient (Wildman–Crippen LogP) is 0.776. The van der Waals surface area contributed by atoms with E-state index in [1.54, 1.807) is 0 Å². The Morgan fingerprint density at radius 2 is 2.09 bits per heavy atom. The number of aromatic nitrogens is 2. The number of benzene rings is 1. The van der Waals surface area contributed by atoms with Crippen LogP contribution in [0.2, 0.25) is 0 Å². The fraction of sp³-hybridized carbons (Fsp3) is 0.438. The number of imidazole rings is 1. The molecule has 2 amide bonds. The maximum absolute atomic E-state index is 11.8. The van der Waals surface area contributed by atoms with Crippen LogP contribution in [0.3, 0.4) is 0 Å². The van der Waals surface area contributed by atoms with Gasteiger partial charge in [0.1, 0.15) is 5.82 Å². The van der Waals surface area contributed by atoms with Gasteiger partial charge in [0.15, 0.2) is 0 Å². The van der Waals surface area contributed by atoms with Gasteiger partial charge >= 0.3 is 0 Å². The number of aryl methyl sites for hydroxylation is 2. The minimum absolute atomic E-state index is 0.0895. The third-order valence-electron chi connectivity index (χ3n) is 4.02. The van der Waals surface area contributed by atoms with Gasteiger partial charge in [0, 0.05) is 18.7 Å². The summed E-state index contributed by atoms with van der Waals surface area (Å²) >= 11 is 0. The molecule has 4 N–H and O–H groups in total. The lowest BCUT2D eigenvalue weighted by atomic mass is 10.2. The maximum Gasteiger partial charge on any atom is 0.243 e. The number of nitrogens with two attached hydrogens (primary N) is 1. The van der Waals surface area contributed by atoms with Crippen molar-refractivity contribution in [1.29, 1.82) is 0 Å². The number of rotatable bonds is 4. The standard InChI is InChI=1S/C16H21N5O2/c17-9-15(22)18-10-16(23)19-11-5-6-13-12(8-11)20-14-4-2-1-3-7-21(13)14/h5-6,8H,1-4,7,9-10,17H2,(H,18,22)(H,19,23). The van der Waals surface area contributed by atoms with Crippen LogP contribution in [0.5, 0.6) is 0 Å². The van der Waals surface area contributed by atoms with Crippen molar-refractivity contribution in [3.05, 3.63) is 24.0 Å². The second-order valence-electron chi connectivity index (χ2n) is 5.72. The first-order valence-electron chi connectivity index (χ1n) is 7.93. The van der Waals surface area contributed by atoms with Crippen molar-refractivity contribution >= 4 is 28.5 Å². The summed E-state index contributed by atoms with van der Waals surface area (Å²) in [6.07, 6.45) is 4.60. The summed E-state index contributed by atoms with van der Waals surface area (Å²) in [5, 5.41) is 5.20. The Bertz CT molecular complexity index is 737. The van der Waals surface area contributed by atoms with Gasteiger partial charge in [-0.05, 0) is 31.0 Å². The molecule has 1 aliphatic heterocycles. The van der Waals surface area contributed by atoms with E-state index in [9.17, 15) is 9.59 Å². The Morgan fingerprint density at radius 1 is 1.22 bits per heavy atom. The molecule has 0 radical (unpaired) electrons. The number of hydrogen-bond acceptors (Lipinski definition) is 4. The molecule has 23 heavy (non-hydrogen) atoms. The molecular weight excluding hydrogens is 294 g/mol. The molecule has 1 aliphatic rings. The summed E-state index contributed by atoms with van der Waals surface area (Å²) in [4.78, 5) is 27.6. The molecule has 2 aromatic rings. The van der Waals surface area contributed by atoms with Gasteiger partial charge in [-0.15, -0.1) is 0 Å². The average molecular weight is 315 g/mol. The van der Waals surface area contributed by atoms with Gasteiger partial charge in [0.2, 0.25) is 11.8 Å². The summed E-state index contributed by atoms with van der Waals surface area (Å²) in [7, 11) is 0. The van der Waals surface area contributed by atoms with Gasteiger partial charge in [0.25, 0.3) is 0 Å². The summed E-state index contributed by atoms with van der Waals surface area (Å²) in [5.41, 5.74) is 7.86. The van der Waals surface area contributed by atoms with E-state index >= 15 is 0 Å². The molecule has 0 aliphatic carbocycles. The lowest BCUT2D eigenvalue weighted by Gasteiger charge is -2.07. The molecule has 0 spiro atoms. The van der Waals surface area contributed by atoms with Crippen molar-refractivity contribution in [2.45, 2.75) is 32.2 Å². The smallest absolute Gasteiger partial charge is 0.243 e. The average Bonchev–Trinajstić information content (AvgIpc) is 2.73. The Morgan fingerprint density at radius 3 is 2.91 bits per heavy atom. The molecule has 0 fully saturated rings. The van der Waals surface area contributed by atoms with Crippen LogP contribution in [0, 0.1) is 0 Å². The van der Waals surface area contributed by atoms with Crippen molar-refractivity contribution in [2.75, 3.05) is 18.4 Å². The van der Waals surface area contributed by atoms with Crippen molar-refractivity contribution in [3.63, 3.8) is 0 Å². The quantitative estimate of drug-likeness (QED) is 0.775. The van der Waals surface area contributed by atoms with Crippen molar-refractivity contribution < 1.29 is 9.59 Å².